The van der Waals surface area contributed by atoms with E-state index < -0.39 is 0 Å². The molecular weight excluding hydrogens is 303 g/mol. The molecule has 1 aromatic heterocycles. The third-order valence-electron chi connectivity index (χ3n) is 3.10. The summed E-state index contributed by atoms with van der Waals surface area (Å²) in [5, 5.41) is 1.01. The second-order valence-corrected chi connectivity index (χ2v) is 5.37. The summed E-state index contributed by atoms with van der Waals surface area (Å²) >= 11 is 12.0. The van der Waals surface area contributed by atoms with E-state index in [2.05, 4.69) is 14.6 Å². The number of pyridine rings is 1. The van der Waals surface area contributed by atoms with Crippen LogP contribution in [0.4, 0.5) is 0 Å². The molecule has 0 aromatic carbocycles. The number of ether oxygens (including phenoxy) is 2. The fraction of sp³-hybridized carbons (Fsp3) is 0.538. The van der Waals surface area contributed by atoms with E-state index in [0.29, 0.717) is 29.9 Å². The van der Waals surface area contributed by atoms with Gasteiger partial charge in [0.1, 0.15) is 5.15 Å². The van der Waals surface area contributed by atoms with Gasteiger partial charge < -0.3 is 9.47 Å². The van der Waals surface area contributed by atoms with Gasteiger partial charge in [-0.1, -0.05) is 23.2 Å². The Morgan fingerprint density at radius 3 is 3.10 bits per heavy atom. The van der Waals surface area contributed by atoms with Crippen molar-refractivity contribution in [3.8, 4) is 0 Å². The van der Waals surface area contributed by atoms with Gasteiger partial charge in [-0.25, -0.2) is 4.98 Å². The molecular formula is C13H16Cl2N2O3. The predicted octanol–water partition coefficient (Wildman–Crippen LogP) is 2.15. The normalized spacial score (nSPS) is 19.9. The molecule has 1 aromatic rings. The van der Waals surface area contributed by atoms with Crippen LogP contribution in [0.1, 0.15) is 12.1 Å². The van der Waals surface area contributed by atoms with Crippen LogP contribution < -0.4 is 0 Å². The summed E-state index contributed by atoms with van der Waals surface area (Å²) in [6.45, 7) is 2.56. The van der Waals surface area contributed by atoms with Crippen LogP contribution in [0.3, 0.4) is 0 Å². The highest BCUT2D eigenvalue weighted by molar-refractivity contribution is 6.32. The molecule has 20 heavy (non-hydrogen) atoms. The predicted molar refractivity (Wildman–Crippen MR) is 75.9 cm³/mol. The molecule has 2 heterocycles. The van der Waals surface area contributed by atoms with Crippen LogP contribution in [0.15, 0.2) is 12.1 Å². The largest absolute Gasteiger partial charge is 0.469 e. The number of esters is 1. The topological polar surface area (TPSA) is 51.7 Å². The monoisotopic (exact) mass is 318 g/mol. The van der Waals surface area contributed by atoms with E-state index in [1.54, 1.807) is 12.1 Å². The summed E-state index contributed by atoms with van der Waals surface area (Å²) in [7, 11) is 1.37. The van der Waals surface area contributed by atoms with Gasteiger partial charge in [0.2, 0.25) is 0 Å². The van der Waals surface area contributed by atoms with Crippen molar-refractivity contribution in [3.63, 3.8) is 0 Å². The maximum Gasteiger partial charge on any atom is 0.308 e. The molecule has 1 unspecified atom stereocenters. The van der Waals surface area contributed by atoms with Gasteiger partial charge in [-0.15, -0.1) is 0 Å². The third kappa shape index (κ3) is 4.31. The van der Waals surface area contributed by atoms with E-state index in [4.69, 9.17) is 27.9 Å². The fourth-order valence-electron chi connectivity index (χ4n) is 2.10. The average molecular weight is 319 g/mol. The van der Waals surface area contributed by atoms with Crippen molar-refractivity contribution in [1.29, 1.82) is 0 Å². The molecule has 0 saturated carbocycles. The van der Waals surface area contributed by atoms with Gasteiger partial charge in [0, 0.05) is 19.6 Å². The number of nitrogens with zero attached hydrogens (tertiary/aromatic N) is 2. The van der Waals surface area contributed by atoms with Crippen LogP contribution in [0.25, 0.3) is 0 Å². The van der Waals surface area contributed by atoms with Gasteiger partial charge in [-0.3, -0.25) is 9.69 Å². The van der Waals surface area contributed by atoms with Gasteiger partial charge in [0.25, 0.3) is 0 Å². The lowest BCUT2D eigenvalue weighted by atomic mass is 10.2. The molecule has 1 aliphatic rings. The molecule has 1 atom stereocenters. The van der Waals surface area contributed by atoms with Crippen molar-refractivity contribution in [2.45, 2.75) is 19.1 Å². The van der Waals surface area contributed by atoms with E-state index in [9.17, 15) is 4.79 Å². The van der Waals surface area contributed by atoms with Gasteiger partial charge >= 0.3 is 5.97 Å². The lowest BCUT2D eigenvalue weighted by Crippen LogP contribution is -2.43. The third-order valence-corrected chi connectivity index (χ3v) is 3.66. The zero-order valence-corrected chi connectivity index (χ0v) is 12.7. The van der Waals surface area contributed by atoms with Crippen molar-refractivity contribution in [2.24, 2.45) is 0 Å². The van der Waals surface area contributed by atoms with E-state index in [0.717, 1.165) is 12.2 Å². The zero-order chi connectivity index (χ0) is 14.5. The Bertz CT molecular complexity index is 485. The zero-order valence-electron chi connectivity index (χ0n) is 11.1. The van der Waals surface area contributed by atoms with Crippen molar-refractivity contribution < 1.29 is 14.3 Å². The van der Waals surface area contributed by atoms with E-state index in [-0.39, 0.29) is 18.5 Å². The van der Waals surface area contributed by atoms with Crippen molar-refractivity contribution in [1.82, 2.24) is 9.88 Å². The number of carbonyl (C=O) groups excluding carboxylic acids is 1. The fourth-order valence-corrected chi connectivity index (χ4v) is 2.43. The molecule has 5 nitrogen and oxygen atoms in total. The van der Waals surface area contributed by atoms with Crippen LogP contribution in [0.5, 0.6) is 0 Å². The molecule has 110 valence electrons. The number of morpholine rings is 1. The van der Waals surface area contributed by atoms with Crippen molar-refractivity contribution >= 4 is 29.2 Å². The van der Waals surface area contributed by atoms with Crippen LogP contribution in [0.2, 0.25) is 10.2 Å². The second kappa shape index (κ2) is 7.22. The number of hydrogen-bond donors (Lipinski definition) is 0. The first kappa shape index (κ1) is 15.5. The van der Waals surface area contributed by atoms with Crippen LogP contribution >= 0.6 is 23.2 Å². The molecule has 0 amide bonds. The standard InChI is InChI=1S/C13H16Cl2N2O3/c1-19-13(18)6-9-7-17(4-5-20-9)8-11-10(14)2-3-12(15)16-11/h2-3,9H,4-8H2,1H3. The Hall–Kier alpha value is -0.880. The molecule has 0 spiro atoms. The minimum absolute atomic E-state index is 0.158. The first-order chi connectivity index (χ1) is 9.58. The average Bonchev–Trinajstić information content (AvgIpc) is 2.43. The molecule has 1 saturated heterocycles. The Morgan fingerprint density at radius 2 is 2.35 bits per heavy atom. The minimum atomic E-state index is -0.268. The Labute approximate surface area is 127 Å². The van der Waals surface area contributed by atoms with E-state index >= 15 is 0 Å². The summed E-state index contributed by atoms with van der Waals surface area (Å²) in [5.74, 6) is -0.268. The number of rotatable bonds is 4. The quantitative estimate of drug-likeness (QED) is 0.629. The maximum atomic E-state index is 11.3. The first-order valence-corrected chi connectivity index (χ1v) is 7.05. The highest BCUT2D eigenvalue weighted by atomic mass is 35.5. The molecule has 7 heteroatoms. The number of halogens is 2. The van der Waals surface area contributed by atoms with Gasteiger partial charge in [0.05, 0.1) is 37.0 Å². The van der Waals surface area contributed by atoms with Crippen LogP contribution in [-0.2, 0) is 20.8 Å². The number of carbonyl (C=O) groups is 1. The van der Waals surface area contributed by atoms with E-state index in [1.807, 2.05) is 0 Å². The number of hydrogen-bond acceptors (Lipinski definition) is 5. The number of aromatic nitrogens is 1. The summed E-state index contributed by atoms with van der Waals surface area (Å²) in [5.41, 5.74) is 0.734. The van der Waals surface area contributed by atoms with Gasteiger partial charge in [-0.05, 0) is 12.1 Å². The second-order valence-electron chi connectivity index (χ2n) is 4.57. The first-order valence-electron chi connectivity index (χ1n) is 6.30. The summed E-state index contributed by atoms with van der Waals surface area (Å²) < 4.78 is 10.2. The Morgan fingerprint density at radius 1 is 1.55 bits per heavy atom. The van der Waals surface area contributed by atoms with Crippen LogP contribution in [-0.4, -0.2) is 48.8 Å². The highest BCUT2D eigenvalue weighted by Crippen LogP contribution is 2.20. The SMILES string of the molecule is COC(=O)CC1CN(Cc2nc(Cl)ccc2Cl)CCO1. The smallest absolute Gasteiger partial charge is 0.308 e. The Balaban J connectivity index is 1.95. The number of methoxy groups -OCH3 is 1. The van der Waals surface area contributed by atoms with Gasteiger partial charge in [-0.2, -0.15) is 0 Å². The lowest BCUT2D eigenvalue weighted by Gasteiger charge is -2.32. The summed E-state index contributed by atoms with van der Waals surface area (Å²) in [4.78, 5) is 17.6. The van der Waals surface area contributed by atoms with E-state index in [1.165, 1.54) is 7.11 Å². The lowest BCUT2D eigenvalue weighted by molar-refractivity contribution is -0.145. The van der Waals surface area contributed by atoms with Gasteiger partial charge in [0.15, 0.2) is 0 Å². The molecule has 1 fully saturated rings. The maximum absolute atomic E-state index is 11.3. The summed E-state index contributed by atoms with van der Waals surface area (Å²) in [6.07, 6.45) is 0.0955. The minimum Gasteiger partial charge on any atom is -0.469 e. The molecule has 2 rings (SSSR count). The summed E-state index contributed by atoms with van der Waals surface area (Å²) in [6, 6.07) is 3.39. The Kier molecular flexibility index (Phi) is 5.60. The van der Waals surface area contributed by atoms with Crippen molar-refractivity contribution in [2.75, 3.05) is 26.8 Å². The van der Waals surface area contributed by atoms with Crippen LogP contribution in [0, 0.1) is 0 Å². The molecule has 0 bridgehead atoms. The molecule has 0 radical (unpaired) electrons. The molecule has 1 aliphatic heterocycles. The molecule has 0 N–H and O–H groups in total. The highest BCUT2D eigenvalue weighted by Gasteiger charge is 2.24. The van der Waals surface area contributed by atoms with Crippen molar-refractivity contribution in [3.05, 3.63) is 28.0 Å². The molecule has 0 aliphatic carbocycles.